The second kappa shape index (κ2) is 10.0. The molecule has 3 fully saturated rings. The van der Waals surface area contributed by atoms with E-state index in [0.717, 1.165) is 43.9 Å². The van der Waals surface area contributed by atoms with Gasteiger partial charge in [0.25, 0.3) is 12.4 Å². The van der Waals surface area contributed by atoms with Gasteiger partial charge in [-0.3, -0.25) is 14.5 Å². The number of fused-ring (bicyclic) bond motifs is 1. The Hall–Kier alpha value is -1.77. The lowest BCUT2D eigenvalue weighted by Crippen LogP contribution is -2.42. The Bertz CT molecular complexity index is 780. The van der Waals surface area contributed by atoms with Crippen molar-refractivity contribution in [2.75, 3.05) is 26.2 Å². The summed E-state index contributed by atoms with van der Waals surface area (Å²) in [6.45, 7) is 10.1. The van der Waals surface area contributed by atoms with Crippen LogP contribution in [0.5, 0.6) is 0 Å². The van der Waals surface area contributed by atoms with Crippen LogP contribution in [0.3, 0.4) is 0 Å². The predicted molar refractivity (Wildman–Crippen MR) is 117 cm³/mol. The van der Waals surface area contributed by atoms with Gasteiger partial charge in [-0.25, -0.2) is 4.98 Å². The van der Waals surface area contributed by atoms with Crippen LogP contribution in [0, 0.1) is 18.8 Å². The summed E-state index contributed by atoms with van der Waals surface area (Å²) in [5.74, 6) is 0.927. The van der Waals surface area contributed by atoms with Gasteiger partial charge in [0.15, 0.2) is 0 Å². The van der Waals surface area contributed by atoms with Crippen molar-refractivity contribution in [3.8, 4) is 0 Å². The fourth-order valence-corrected chi connectivity index (χ4v) is 5.73. The van der Waals surface area contributed by atoms with E-state index in [1.54, 1.807) is 0 Å². The molecule has 2 N–H and O–H groups in total. The Morgan fingerprint density at radius 2 is 2.30 bits per heavy atom. The monoisotopic (exact) mass is 435 g/mol. The molecule has 4 atom stereocenters. The molecule has 166 valence electrons. The zero-order valence-corrected chi connectivity index (χ0v) is 18.9. The first-order chi connectivity index (χ1) is 14.4. The van der Waals surface area contributed by atoms with Crippen molar-refractivity contribution >= 4 is 23.7 Å². The highest BCUT2D eigenvalue weighted by molar-refractivity contribution is 7.09. The molecule has 1 spiro atoms. The zero-order valence-electron chi connectivity index (χ0n) is 18.1. The normalized spacial score (nSPS) is 30.0. The third-order valence-electron chi connectivity index (χ3n) is 6.70. The second-order valence-electron chi connectivity index (χ2n) is 8.53. The number of aromatic nitrogens is 1. The molecular weight excluding hydrogens is 402 g/mol. The summed E-state index contributed by atoms with van der Waals surface area (Å²) in [5, 5.41) is 12.8. The summed E-state index contributed by atoms with van der Waals surface area (Å²) in [6, 6.07) is 0. The fraction of sp³-hybridized carbons (Fsp3) is 0.682. The van der Waals surface area contributed by atoms with Crippen molar-refractivity contribution in [1.29, 1.82) is 0 Å². The van der Waals surface area contributed by atoms with Crippen molar-refractivity contribution in [2.24, 2.45) is 11.8 Å². The van der Waals surface area contributed by atoms with Crippen molar-refractivity contribution in [3.05, 3.63) is 27.7 Å². The van der Waals surface area contributed by atoms with Crippen molar-refractivity contribution in [3.63, 3.8) is 0 Å². The SMILES string of the molecule is CCC(C)=CCCN1C[C@@H]2[C@H](CNC(=O)c3csc(C)n3)[C@H]3CC[C@]2(C1)O3.O=CO. The Morgan fingerprint density at radius 1 is 1.53 bits per heavy atom. The second-order valence-corrected chi connectivity index (χ2v) is 9.59. The van der Waals surface area contributed by atoms with E-state index in [-0.39, 0.29) is 18.0 Å². The minimum absolute atomic E-state index is 0.0425. The number of thiazole rings is 1. The molecule has 1 aromatic rings. The first-order valence-corrected chi connectivity index (χ1v) is 11.6. The maximum atomic E-state index is 12.4. The number of aryl methyl sites for hydroxylation is 1. The largest absolute Gasteiger partial charge is 0.483 e. The summed E-state index contributed by atoms with van der Waals surface area (Å²) >= 11 is 1.52. The molecule has 3 aliphatic heterocycles. The summed E-state index contributed by atoms with van der Waals surface area (Å²) in [7, 11) is 0. The van der Waals surface area contributed by atoms with Gasteiger partial charge >= 0.3 is 0 Å². The predicted octanol–water partition coefficient (Wildman–Crippen LogP) is 3.11. The quantitative estimate of drug-likeness (QED) is 0.505. The summed E-state index contributed by atoms with van der Waals surface area (Å²) in [4.78, 5) is 27.6. The number of likely N-dealkylation sites (tertiary alicyclic amines) is 1. The van der Waals surface area contributed by atoms with Crippen LogP contribution in [0.1, 0.15) is 55.0 Å². The number of carbonyl (C=O) groups excluding carboxylic acids is 1. The number of carboxylic acid groups (broad SMARTS) is 1. The number of amides is 1. The maximum Gasteiger partial charge on any atom is 0.290 e. The van der Waals surface area contributed by atoms with E-state index in [2.05, 4.69) is 35.1 Å². The molecule has 0 radical (unpaired) electrons. The molecule has 0 aliphatic carbocycles. The van der Waals surface area contributed by atoms with Crippen LogP contribution in [0.4, 0.5) is 0 Å². The van der Waals surface area contributed by atoms with Crippen LogP contribution in [-0.4, -0.2) is 65.3 Å². The van der Waals surface area contributed by atoms with Crippen molar-refractivity contribution < 1.29 is 19.4 Å². The first kappa shape index (κ1) is 22.9. The topological polar surface area (TPSA) is 91.8 Å². The molecule has 1 amide bonds. The molecule has 0 saturated carbocycles. The molecule has 2 bridgehead atoms. The molecule has 7 nitrogen and oxygen atoms in total. The van der Waals surface area contributed by atoms with Crippen LogP contribution < -0.4 is 5.32 Å². The number of allylic oxidation sites excluding steroid dienone is 1. The lowest BCUT2D eigenvalue weighted by Gasteiger charge is -2.29. The number of carbonyl (C=O) groups is 2. The van der Waals surface area contributed by atoms with E-state index in [0.29, 0.717) is 30.2 Å². The van der Waals surface area contributed by atoms with Crippen LogP contribution in [-0.2, 0) is 9.53 Å². The average Bonchev–Trinajstić information content (AvgIpc) is 3.47. The third-order valence-corrected chi connectivity index (χ3v) is 7.47. The fourth-order valence-electron chi connectivity index (χ4n) is 5.14. The molecule has 30 heavy (non-hydrogen) atoms. The van der Waals surface area contributed by atoms with Gasteiger partial charge in [-0.1, -0.05) is 18.6 Å². The van der Waals surface area contributed by atoms with E-state index < -0.39 is 0 Å². The van der Waals surface area contributed by atoms with Gasteiger partial charge in [0.1, 0.15) is 5.69 Å². The minimum atomic E-state index is -0.250. The highest BCUT2D eigenvalue weighted by Gasteiger charge is 2.62. The highest BCUT2D eigenvalue weighted by atomic mass is 32.1. The molecule has 0 aromatic carbocycles. The molecule has 8 heteroatoms. The molecule has 3 aliphatic rings. The van der Waals surface area contributed by atoms with E-state index in [1.807, 2.05) is 12.3 Å². The standard InChI is InChI=1S/C21H31N3O2S.CH2O2/c1-4-14(2)6-5-9-24-11-17-16(19-7-8-21(17,13-24)26-19)10-22-20(25)18-12-27-15(3)23-18;2-1-3/h6,12,16-17,19H,4-5,7-11,13H2,1-3H3,(H,22,25);1H,(H,2,3)/t16-,17+,19+,21+;/m0./s1. The van der Waals surface area contributed by atoms with Crippen molar-refractivity contribution in [2.45, 2.75) is 58.2 Å². The van der Waals surface area contributed by atoms with Crippen LogP contribution >= 0.6 is 11.3 Å². The van der Waals surface area contributed by atoms with E-state index in [4.69, 9.17) is 14.6 Å². The van der Waals surface area contributed by atoms with Gasteiger partial charge in [-0.15, -0.1) is 11.3 Å². The Morgan fingerprint density at radius 3 is 2.97 bits per heavy atom. The first-order valence-electron chi connectivity index (χ1n) is 10.8. The van der Waals surface area contributed by atoms with Crippen molar-refractivity contribution in [1.82, 2.24) is 15.2 Å². The number of nitrogens with zero attached hydrogens (tertiary/aromatic N) is 2. The molecule has 1 aromatic heterocycles. The number of hydrogen-bond acceptors (Lipinski definition) is 6. The molecular formula is C22H33N3O4S. The van der Waals surface area contributed by atoms with Gasteiger partial charge in [0.05, 0.1) is 16.7 Å². The van der Waals surface area contributed by atoms with Gasteiger partial charge in [0.2, 0.25) is 0 Å². The maximum absolute atomic E-state index is 12.4. The Balaban J connectivity index is 0.000000806. The van der Waals surface area contributed by atoms with Gasteiger partial charge in [-0.05, 0) is 39.5 Å². The number of nitrogens with one attached hydrogen (secondary N) is 1. The molecule has 4 rings (SSSR count). The smallest absolute Gasteiger partial charge is 0.290 e. The molecule has 3 saturated heterocycles. The Labute approximate surface area is 182 Å². The van der Waals surface area contributed by atoms with Crippen LogP contribution in [0.15, 0.2) is 17.0 Å². The lowest BCUT2D eigenvalue weighted by molar-refractivity contribution is -0.122. The summed E-state index contributed by atoms with van der Waals surface area (Å²) in [5.41, 5.74) is 2.06. The highest BCUT2D eigenvalue weighted by Crippen LogP contribution is 2.54. The average molecular weight is 436 g/mol. The lowest BCUT2D eigenvalue weighted by atomic mass is 9.73. The molecule has 0 unspecified atom stereocenters. The Kier molecular flexibility index (Phi) is 7.65. The van der Waals surface area contributed by atoms with Crippen LogP contribution in [0.25, 0.3) is 0 Å². The van der Waals surface area contributed by atoms with E-state index in [1.165, 1.54) is 23.3 Å². The van der Waals surface area contributed by atoms with Gasteiger partial charge in [0, 0.05) is 43.4 Å². The minimum Gasteiger partial charge on any atom is -0.483 e. The van der Waals surface area contributed by atoms with E-state index in [9.17, 15) is 4.79 Å². The number of ether oxygens (including phenoxy) is 1. The number of hydrogen-bond donors (Lipinski definition) is 2. The van der Waals surface area contributed by atoms with Crippen LogP contribution in [0.2, 0.25) is 0 Å². The number of rotatable bonds is 7. The molecule has 4 heterocycles. The summed E-state index contributed by atoms with van der Waals surface area (Å²) in [6.07, 6.45) is 7.26. The van der Waals surface area contributed by atoms with Gasteiger partial charge in [-0.2, -0.15) is 0 Å². The summed E-state index contributed by atoms with van der Waals surface area (Å²) < 4.78 is 6.50. The zero-order chi connectivity index (χ0) is 21.7. The van der Waals surface area contributed by atoms with E-state index >= 15 is 0 Å². The third kappa shape index (κ3) is 4.92. The van der Waals surface area contributed by atoms with Gasteiger partial charge < -0.3 is 15.2 Å².